The number of nitrogens with zero attached hydrogens (tertiary/aromatic N) is 3. The first-order valence-corrected chi connectivity index (χ1v) is 8.40. The van der Waals surface area contributed by atoms with Gasteiger partial charge in [0.1, 0.15) is 0 Å². The second kappa shape index (κ2) is 6.93. The summed E-state index contributed by atoms with van der Waals surface area (Å²) in [6.45, 7) is 4.60. The van der Waals surface area contributed by atoms with Gasteiger partial charge in [-0.05, 0) is 53.4 Å². The van der Waals surface area contributed by atoms with Gasteiger partial charge in [0.2, 0.25) is 0 Å². The molecule has 2 atom stereocenters. The highest BCUT2D eigenvalue weighted by atomic mass is 15.3. The Morgan fingerprint density at radius 3 is 2.62 bits per heavy atom. The zero-order chi connectivity index (χ0) is 15.5. The van der Waals surface area contributed by atoms with Gasteiger partial charge in [0, 0.05) is 24.2 Å². The lowest BCUT2D eigenvalue weighted by atomic mass is 9.85. The van der Waals surface area contributed by atoms with E-state index < -0.39 is 0 Å². The number of hydrogen-bond acceptors (Lipinski definition) is 3. The fourth-order valence-electron chi connectivity index (χ4n) is 3.57. The molecule has 0 spiro atoms. The number of hydrogen-bond donors (Lipinski definition) is 1. The molecule has 0 aromatic carbocycles. The van der Waals surface area contributed by atoms with Crippen molar-refractivity contribution in [3.05, 3.63) is 18.0 Å². The third-order valence-electron chi connectivity index (χ3n) is 5.61. The molecule has 4 heteroatoms. The molecule has 1 aromatic heterocycles. The molecular weight excluding hydrogens is 260 g/mol. The molecular formula is C17H32N4. The van der Waals surface area contributed by atoms with E-state index in [0.717, 1.165) is 12.8 Å². The van der Waals surface area contributed by atoms with Crippen LogP contribution in [0, 0.1) is 0 Å². The Hall–Kier alpha value is -0.870. The first-order valence-electron chi connectivity index (χ1n) is 8.40. The van der Waals surface area contributed by atoms with Gasteiger partial charge in [-0.1, -0.05) is 19.8 Å². The van der Waals surface area contributed by atoms with E-state index in [1.54, 1.807) is 0 Å². The van der Waals surface area contributed by atoms with Crippen LogP contribution in [-0.2, 0) is 6.42 Å². The number of aromatic nitrogens is 2. The summed E-state index contributed by atoms with van der Waals surface area (Å²) in [5, 5.41) is 8.36. The topological polar surface area (TPSA) is 33.1 Å². The molecule has 1 aromatic rings. The zero-order valence-electron chi connectivity index (χ0n) is 14.4. The lowest BCUT2D eigenvalue weighted by molar-refractivity contribution is 0.116. The smallest absolute Gasteiger partial charge is 0.0640 e. The first kappa shape index (κ1) is 16.5. The molecule has 1 aliphatic carbocycles. The molecule has 0 radical (unpaired) electrons. The maximum atomic E-state index is 4.85. The lowest BCUT2D eigenvalue weighted by Gasteiger charge is -2.42. The quantitative estimate of drug-likeness (QED) is 0.839. The van der Waals surface area contributed by atoms with Crippen LogP contribution in [0.3, 0.4) is 0 Å². The molecule has 1 heterocycles. The predicted molar refractivity (Wildman–Crippen MR) is 88.7 cm³/mol. The minimum absolute atomic E-state index is 0.145. The van der Waals surface area contributed by atoms with Gasteiger partial charge in [-0.25, -0.2) is 0 Å². The maximum absolute atomic E-state index is 4.85. The summed E-state index contributed by atoms with van der Waals surface area (Å²) in [6, 6.07) is 3.25. The van der Waals surface area contributed by atoms with E-state index in [1.165, 1.54) is 31.4 Å². The average molecular weight is 292 g/mol. The number of likely N-dealkylation sites (N-methyl/N-ethyl adjacent to an activating group) is 2. The van der Waals surface area contributed by atoms with Gasteiger partial charge in [-0.2, -0.15) is 5.10 Å². The van der Waals surface area contributed by atoms with Crippen molar-refractivity contribution >= 4 is 0 Å². The van der Waals surface area contributed by atoms with E-state index in [1.807, 2.05) is 0 Å². The zero-order valence-corrected chi connectivity index (χ0v) is 14.4. The Morgan fingerprint density at radius 1 is 1.43 bits per heavy atom. The Labute approximate surface area is 129 Å². The molecule has 2 rings (SSSR count). The highest BCUT2D eigenvalue weighted by molar-refractivity contribution is 5.07. The summed E-state index contributed by atoms with van der Waals surface area (Å²) in [6.07, 6.45) is 9.58. The second-order valence-electron chi connectivity index (χ2n) is 6.88. The van der Waals surface area contributed by atoms with Gasteiger partial charge in [0.05, 0.1) is 11.7 Å². The van der Waals surface area contributed by atoms with Crippen LogP contribution in [0.5, 0.6) is 0 Å². The fraction of sp³-hybridized carbons (Fsp3) is 0.824. The predicted octanol–water partition coefficient (Wildman–Crippen LogP) is 2.86. The average Bonchev–Trinajstić information content (AvgIpc) is 3.14. The van der Waals surface area contributed by atoms with Crippen molar-refractivity contribution in [3.8, 4) is 0 Å². The molecule has 4 nitrogen and oxygen atoms in total. The van der Waals surface area contributed by atoms with E-state index in [2.05, 4.69) is 62.2 Å². The van der Waals surface area contributed by atoms with Gasteiger partial charge in [-0.3, -0.25) is 4.68 Å². The third-order valence-corrected chi connectivity index (χ3v) is 5.61. The minimum atomic E-state index is 0.145. The van der Waals surface area contributed by atoms with E-state index in [9.17, 15) is 0 Å². The van der Waals surface area contributed by atoms with Crippen LogP contribution in [0.25, 0.3) is 0 Å². The van der Waals surface area contributed by atoms with Crippen molar-refractivity contribution in [2.24, 2.45) is 0 Å². The molecule has 1 saturated carbocycles. The van der Waals surface area contributed by atoms with Crippen LogP contribution in [0.1, 0.15) is 57.7 Å². The van der Waals surface area contributed by atoms with Crippen molar-refractivity contribution in [1.82, 2.24) is 20.0 Å². The van der Waals surface area contributed by atoms with Crippen molar-refractivity contribution < 1.29 is 0 Å². The standard InChI is InChI=1S/C17H32N4/c1-6-17(2,20(4)5)16(18-3)13-14-11-12-21(19-14)15-9-7-8-10-15/h11-12,15-16,18H,6-10,13H2,1-5H3. The number of rotatable bonds is 7. The summed E-state index contributed by atoms with van der Waals surface area (Å²) in [5.41, 5.74) is 1.36. The molecule has 1 aliphatic rings. The van der Waals surface area contributed by atoms with Crippen LogP contribution in [0.4, 0.5) is 0 Å². The van der Waals surface area contributed by atoms with Crippen LogP contribution < -0.4 is 5.32 Å². The molecule has 0 amide bonds. The second-order valence-corrected chi connectivity index (χ2v) is 6.88. The molecule has 0 aliphatic heterocycles. The molecule has 2 unspecified atom stereocenters. The van der Waals surface area contributed by atoms with Crippen LogP contribution in [0.2, 0.25) is 0 Å². The van der Waals surface area contributed by atoms with Crippen molar-refractivity contribution in [3.63, 3.8) is 0 Å². The van der Waals surface area contributed by atoms with Gasteiger partial charge < -0.3 is 10.2 Å². The summed E-state index contributed by atoms with van der Waals surface area (Å²) in [4.78, 5) is 2.34. The first-order chi connectivity index (χ1) is 10.0. The molecule has 21 heavy (non-hydrogen) atoms. The van der Waals surface area contributed by atoms with E-state index in [0.29, 0.717) is 12.1 Å². The summed E-state index contributed by atoms with van der Waals surface area (Å²) >= 11 is 0. The molecule has 1 N–H and O–H groups in total. The third kappa shape index (κ3) is 3.49. The Morgan fingerprint density at radius 2 is 2.10 bits per heavy atom. The van der Waals surface area contributed by atoms with Crippen molar-refractivity contribution in [2.75, 3.05) is 21.1 Å². The normalized spacial score (nSPS) is 20.9. The highest BCUT2D eigenvalue weighted by Gasteiger charge is 2.34. The summed E-state index contributed by atoms with van der Waals surface area (Å²) in [7, 11) is 6.41. The Kier molecular flexibility index (Phi) is 5.44. The van der Waals surface area contributed by atoms with E-state index in [4.69, 9.17) is 5.10 Å². The fourth-order valence-corrected chi connectivity index (χ4v) is 3.57. The monoisotopic (exact) mass is 292 g/mol. The number of nitrogens with one attached hydrogen (secondary N) is 1. The SMILES string of the molecule is CCC(C)(C(Cc1ccn(C2CCCC2)n1)NC)N(C)C. The Bertz CT molecular complexity index is 434. The van der Waals surface area contributed by atoms with Gasteiger partial charge in [0.15, 0.2) is 0 Å². The Balaban J connectivity index is 2.08. The lowest BCUT2D eigenvalue weighted by Crippen LogP contribution is -2.57. The van der Waals surface area contributed by atoms with Crippen molar-refractivity contribution in [2.45, 2.75) is 70.0 Å². The summed E-state index contributed by atoms with van der Waals surface area (Å²) in [5.74, 6) is 0. The summed E-state index contributed by atoms with van der Waals surface area (Å²) < 4.78 is 2.20. The van der Waals surface area contributed by atoms with E-state index >= 15 is 0 Å². The van der Waals surface area contributed by atoms with Gasteiger partial charge in [0.25, 0.3) is 0 Å². The van der Waals surface area contributed by atoms with Crippen molar-refractivity contribution in [1.29, 1.82) is 0 Å². The largest absolute Gasteiger partial charge is 0.315 e. The van der Waals surface area contributed by atoms with Gasteiger partial charge >= 0.3 is 0 Å². The minimum Gasteiger partial charge on any atom is -0.315 e. The maximum Gasteiger partial charge on any atom is 0.0640 e. The molecule has 0 saturated heterocycles. The van der Waals surface area contributed by atoms with Crippen LogP contribution in [0.15, 0.2) is 12.3 Å². The molecule has 1 fully saturated rings. The van der Waals surface area contributed by atoms with Crippen LogP contribution in [-0.4, -0.2) is 47.4 Å². The van der Waals surface area contributed by atoms with Crippen LogP contribution >= 0.6 is 0 Å². The molecule has 120 valence electrons. The van der Waals surface area contributed by atoms with E-state index in [-0.39, 0.29) is 5.54 Å². The highest BCUT2D eigenvalue weighted by Crippen LogP contribution is 2.29. The van der Waals surface area contributed by atoms with Gasteiger partial charge in [-0.15, -0.1) is 0 Å². The molecule has 0 bridgehead atoms.